The molecular weight excluding hydrogens is 1340 g/mol. The van der Waals surface area contributed by atoms with E-state index in [1.807, 2.05) is 42.5 Å². The zero-order chi connectivity index (χ0) is 69.8. The van der Waals surface area contributed by atoms with Crippen LogP contribution in [0.15, 0.2) is 185 Å². The highest BCUT2D eigenvalue weighted by molar-refractivity contribution is 7.97. The lowest BCUT2D eigenvalue weighted by atomic mass is 9.49. The number of carboxylic acids is 3. The number of unbranched alkanes of at least 4 members (excludes halogenated alkanes) is 12. The minimum atomic E-state index is -1.18. The minimum Gasteiger partial charge on any atom is -0.872 e. The van der Waals surface area contributed by atoms with Crippen molar-refractivity contribution in [2.75, 3.05) is 65.6 Å². The SMILES string of the molecule is CCCCCCCCCCCC(=O)OCCN1CCOCC1.CCCC[N+](CCCC)(CCCC)CCCC.O=C(O)c1ccccc1[O-].O=C([O-])C12CC3CC(CC(C3)C1)C2.O=C([O-])c1ccccc1[I+]c1ccccc1.c1ccc([S+](c2ccccc2)c2ccccc2)cc1. The molecule has 14 heteroatoms. The van der Waals surface area contributed by atoms with Crippen molar-refractivity contribution < 1.29 is 74.8 Å². The van der Waals surface area contributed by atoms with Crippen LogP contribution >= 0.6 is 0 Å². The zero-order valence-electron chi connectivity index (χ0n) is 59.2. The van der Waals surface area contributed by atoms with E-state index in [4.69, 9.17) is 14.6 Å². The third-order valence-corrected chi connectivity index (χ3v) is 23.9. The molecule has 1 aliphatic heterocycles. The van der Waals surface area contributed by atoms with Gasteiger partial charge in [-0.25, -0.2) is 4.79 Å². The van der Waals surface area contributed by atoms with Gasteiger partial charge in [0.15, 0.2) is 18.3 Å². The number of nitrogens with zero attached hydrogens (tertiary/aromatic N) is 2. The lowest BCUT2D eigenvalue weighted by Crippen LogP contribution is -3.61. The van der Waals surface area contributed by atoms with Gasteiger partial charge in [-0.2, -0.15) is 0 Å². The first-order chi connectivity index (χ1) is 47.2. The van der Waals surface area contributed by atoms with Crippen LogP contribution in [-0.2, 0) is 30.0 Å². The number of hydrogen-bond donors (Lipinski definition) is 1. The smallest absolute Gasteiger partial charge is 0.358 e. The van der Waals surface area contributed by atoms with Crippen LogP contribution in [0.5, 0.6) is 5.75 Å². The molecule has 6 aromatic carbocycles. The van der Waals surface area contributed by atoms with E-state index in [9.17, 15) is 34.5 Å². The largest absolute Gasteiger partial charge is 0.872 e. The van der Waals surface area contributed by atoms with Gasteiger partial charge in [-0.3, -0.25) is 9.69 Å². The number of quaternary nitrogens is 1. The predicted octanol–water partition coefficient (Wildman–Crippen LogP) is 13.2. The molecule has 97 heavy (non-hydrogen) atoms. The second-order valence-corrected chi connectivity index (χ2v) is 31.6. The van der Waals surface area contributed by atoms with Crippen LogP contribution in [0.1, 0.15) is 209 Å². The molecule has 5 fully saturated rings. The predicted molar refractivity (Wildman–Crippen MR) is 384 cm³/mol. The molecule has 4 saturated carbocycles. The van der Waals surface area contributed by atoms with Crippen LogP contribution in [0.25, 0.3) is 0 Å². The van der Waals surface area contributed by atoms with Crippen molar-refractivity contribution >= 4 is 34.8 Å². The van der Waals surface area contributed by atoms with Crippen LogP contribution in [-0.4, -0.2) is 104 Å². The van der Waals surface area contributed by atoms with Crippen molar-refractivity contribution in [3.05, 3.63) is 188 Å². The van der Waals surface area contributed by atoms with E-state index in [-0.39, 0.29) is 22.4 Å². The number of carbonyl (C=O) groups excluding carboxylic acids is 3. The second kappa shape index (κ2) is 47.9. The summed E-state index contributed by atoms with van der Waals surface area (Å²) in [5.41, 5.74) is -0.254. The molecule has 5 aliphatic rings. The van der Waals surface area contributed by atoms with Crippen molar-refractivity contribution in [1.82, 2.24) is 4.90 Å². The fraction of sp³-hybridized carbons (Fsp3) is 0.518. The number of aromatic carboxylic acids is 2. The second-order valence-electron chi connectivity index (χ2n) is 26.6. The maximum absolute atomic E-state index is 11.6. The Morgan fingerprint density at radius 2 is 0.918 bits per heavy atom. The average molecular weight is 1460 g/mol. The first kappa shape index (κ1) is 81.6. The number of hydrogen-bond acceptors (Lipinski definition) is 10. The average Bonchev–Trinajstić information content (AvgIpc) is 0.750. The molecule has 0 atom stereocenters. The zero-order valence-corrected chi connectivity index (χ0v) is 62.2. The Morgan fingerprint density at radius 1 is 0.526 bits per heavy atom. The maximum Gasteiger partial charge on any atom is 0.358 e. The first-order valence-corrected chi connectivity index (χ1v) is 40.0. The normalized spacial score (nSPS) is 17.4. The number of ether oxygens (including phenoxy) is 2. The van der Waals surface area contributed by atoms with Crippen LogP contribution in [0.3, 0.4) is 0 Å². The number of benzene rings is 6. The molecule has 0 unspecified atom stereocenters. The molecule has 4 bridgehead atoms. The van der Waals surface area contributed by atoms with E-state index >= 15 is 0 Å². The summed E-state index contributed by atoms with van der Waals surface area (Å²) < 4.78 is 14.1. The summed E-state index contributed by atoms with van der Waals surface area (Å²) in [6.45, 7) is 22.1. The number of morpholine rings is 1. The summed E-state index contributed by atoms with van der Waals surface area (Å²) in [7, 11) is -0.0146. The summed E-state index contributed by atoms with van der Waals surface area (Å²) in [5, 5.41) is 41.1. The van der Waals surface area contributed by atoms with Gasteiger partial charge >= 0.3 is 33.1 Å². The Balaban J connectivity index is 0.000000213. The van der Waals surface area contributed by atoms with Gasteiger partial charge in [0.1, 0.15) is 6.61 Å². The topological polar surface area (TPSA) is 179 Å². The fourth-order valence-corrected chi connectivity index (χ4v) is 18.4. The van der Waals surface area contributed by atoms with Gasteiger partial charge in [0.2, 0.25) is 3.57 Å². The first-order valence-electron chi connectivity index (χ1n) is 36.6. The highest BCUT2D eigenvalue weighted by Crippen LogP contribution is 2.59. The molecule has 1 N–H and O–H groups in total. The van der Waals surface area contributed by atoms with E-state index in [2.05, 4.69) is 131 Å². The Labute approximate surface area is 596 Å². The van der Waals surface area contributed by atoms with Gasteiger partial charge < -0.3 is 44.0 Å². The molecule has 1 saturated heterocycles. The summed E-state index contributed by atoms with van der Waals surface area (Å²) in [6, 6.07) is 54.7. The van der Waals surface area contributed by atoms with Crippen LogP contribution in [0.2, 0.25) is 0 Å². The van der Waals surface area contributed by atoms with Crippen molar-refractivity contribution in [1.29, 1.82) is 0 Å². The highest BCUT2D eigenvalue weighted by atomic mass is 127. The summed E-state index contributed by atoms with van der Waals surface area (Å²) in [5.74, 6) is -1.37. The number of halogens is 1. The van der Waals surface area contributed by atoms with E-state index in [1.54, 1.807) is 12.1 Å². The molecule has 12 nitrogen and oxygen atoms in total. The van der Waals surface area contributed by atoms with E-state index < -0.39 is 50.3 Å². The number of rotatable bonds is 33. The number of para-hydroxylation sites is 1. The Hall–Kier alpha value is -6.04. The molecule has 0 amide bonds. The lowest BCUT2D eigenvalue weighted by molar-refractivity contribution is -0.929. The molecular formula is C83H115IN2O10S. The van der Waals surface area contributed by atoms with Crippen molar-refractivity contribution in [3.8, 4) is 5.75 Å². The van der Waals surface area contributed by atoms with Gasteiger partial charge in [0, 0.05) is 37.4 Å². The number of aliphatic carboxylic acids is 1. The van der Waals surface area contributed by atoms with Gasteiger partial charge in [0.05, 0.1) is 67.4 Å². The summed E-state index contributed by atoms with van der Waals surface area (Å²) in [4.78, 5) is 50.3. The third kappa shape index (κ3) is 31.0. The van der Waals surface area contributed by atoms with E-state index in [0.717, 1.165) is 68.5 Å². The van der Waals surface area contributed by atoms with Crippen LogP contribution in [0.4, 0.5) is 0 Å². The number of esters is 1. The molecule has 530 valence electrons. The third-order valence-electron chi connectivity index (χ3n) is 18.8. The van der Waals surface area contributed by atoms with Gasteiger partial charge in [-0.15, -0.1) is 0 Å². The quantitative estimate of drug-likeness (QED) is 0.0136. The molecule has 0 aromatic heterocycles. The van der Waals surface area contributed by atoms with E-state index in [0.29, 0.717) is 36.3 Å². The van der Waals surface area contributed by atoms with Crippen molar-refractivity contribution in [2.24, 2.45) is 23.2 Å². The molecule has 11 rings (SSSR count). The molecule has 0 radical (unpaired) electrons. The van der Waals surface area contributed by atoms with Crippen LogP contribution < -0.4 is 36.5 Å². The molecule has 0 spiro atoms. The van der Waals surface area contributed by atoms with Gasteiger partial charge in [-0.1, -0.05) is 221 Å². The molecule has 4 aliphatic carbocycles. The minimum absolute atomic E-state index is 0.0146. The Kier molecular flexibility index (Phi) is 40.3. The summed E-state index contributed by atoms with van der Waals surface area (Å²) >= 11 is -0.447. The fourth-order valence-electron chi connectivity index (χ4n) is 13.8. The van der Waals surface area contributed by atoms with Crippen LogP contribution in [0, 0.1) is 30.3 Å². The summed E-state index contributed by atoms with van der Waals surface area (Å²) in [6.07, 6.45) is 29.8. The van der Waals surface area contributed by atoms with Crippen molar-refractivity contribution in [3.63, 3.8) is 0 Å². The van der Waals surface area contributed by atoms with Gasteiger partial charge in [-0.05, 0) is 155 Å². The Bertz CT molecular complexity index is 2910. The van der Waals surface area contributed by atoms with Crippen molar-refractivity contribution in [2.45, 2.75) is 203 Å². The van der Waals surface area contributed by atoms with Gasteiger partial charge in [0.25, 0.3) is 0 Å². The number of carboxylic acid groups (broad SMARTS) is 3. The highest BCUT2D eigenvalue weighted by Gasteiger charge is 2.51. The lowest BCUT2D eigenvalue weighted by Gasteiger charge is -2.57. The maximum atomic E-state index is 11.6. The van der Waals surface area contributed by atoms with E-state index in [1.165, 1.54) is 189 Å². The number of carbonyl (C=O) groups is 4. The standard InChI is InChI=1S/C18H35NO3.C18H15S.C16H36N.C13H9IO2.C11H16O2.C7H6O3/c1-2-3-4-5-6-7-8-9-10-11-18(20)22-17-14-19-12-15-21-16-13-19;1-4-10-16(11-5-1)19(17-12-6-2-7-13-17)18-14-8-3-9-15-18;1-5-9-13-17(14-10-6-2,15-11-7-3)16-12-8-4;15-13(16)11-8-4-5-9-12(11)14-10-6-2-1-3-7-10;12-10(13)11-4-7-1-8(5-11)3-9(2-7)6-11;8-6-4-2-1-3-5(6)7(9)10/h2-17H2,1H3;1-15H;5-16H2,1-4H3;1-9H;7-9H,1-6H2,(H,12,13);1-4,8H,(H,9,10)/q;2*+1;;;/p-2. The Morgan fingerprint density at radius 3 is 1.32 bits per heavy atom. The molecule has 6 aromatic rings. The monoisotopic (exact) mass is 1460 g/mol. The molecule has 1 heterocycles.